The first-order chi connectivity index (χ1) is 13.6. The van der Waals surface area contributed by atoms with Gasteiger partial charge in [-0.15, -0.1) is 11.8 Å². The minimum absolute atomic E-state index is 0.115. The number of hydrogen-bond acceptors (Lipinski definition) is 3. The van der Waals surface area contributed by atoms with Gasteiger partial charge in [0.1, 0.15) is 0 Å². The van der Waals surface area contributed by atoms with Crippen LogP contribution in [0, 0.1) is 6.92 Å². The number of carbonyl (C=O) groups is 2. The van der Waals surface area contributed by atoms with Gasteiger partial charge in [-0.25, -0.2) is 0 Å². The molecule has 4 nitrogen and oxygen atoms in total. The highest BCUT2D eigenvalue weighted by atomic mass is 32.2. The first kappa shape index (κ1) is 19.7. The molecule has 28 heavy (non-hydrogen) atoms. The van der Waals surface area contributed by atoms with Crippen LogP contribution in [0.15, 0.2) is 78.9 Å². The topological polar surface area (TPSA) is 58.2 Å². The zero-order chi connectivity index (χ0) is 19.8. The molecule has 2 amide bonds. The number of nitrogens with one attached hydrogen (secondary N) is 2. The number of amides is 2. The number of hydrogen-bond donors (Lipinski definition) is 2. The Hall–Kier alpha value is -3.05. The van der Waals surface area contributed by atoms with E-state index in [2.05, 4.69) is 10.6 Å². The van der Waals surface area contributed by atoms with E-state index in [0.717, 1.165) is 28.1 Å². The van der Waals surface area contributed by atoms with Crippen LogP contribution in [0.3, 0.4) is 0 Å². The lowest BCUT2D eigenvalue weighted by molar-refractivity contribution is -0.114. The average molecular weight is 391 g/mol. The fourth-order valence-corrected chi connectivity index (χ4v) is 3.35. The van der Waals surface area contributed by atoms with Crippen LogP contribution in [-0.2, 0) is 9.59 Å². The summed E-state index contributed by atoms with van der Waals surface area (Å²) in [5.74, 6) is 0.215. The third-order valence-corrected chi connectivity index (χ3v) is 4.98. The molecule has 0 saturated heterocycles. The van der Waals surface area contributed by atoms with Crippen molar-refractivity contribution in [2.24, 2.45) is 0 Å². The molecule has 0 radical (unpaired) electrons. The fourth-order valence-electron chi connectivity index (χ4n) is 2.73. The van der Waals surface area contributed by atoms with Crippen LogP contribution in [-0.4, -0.2) is 23.3 Å². The summed E-state index contributed by atoms with van der Waals surface area (Å²) in [5, 5.41) is 5.70. The van der Waals surface area contributed by atoms with Crippen LogP contribution in [0.4, 0.5) is 11.4 Å². The molecule has 5 heteroatoms. The number of aryl methyl sites for hydroxylation is 1. The van der Waals surface area contributed by atoms with Crippen molar-refractivity contribution in [1.82, 2.24) is 0 Å². The van der Waals surface area contributed by atoms with Gasteiger partial charge in [0.25, 0.3) is 0 Å². The predicted octanol–water partition coefficient (Wildman–Crippen LogP) is 4.97. The molecule has 0 fully saturated rings. The number of benzene rings is 3. The van der Waals surface area contributed by atoms with Gasteiger partial charge in [0, 0.05) is 11.4 Å². The molecule has 0 bridgehead atoms. The molecule has 0 aliphatic carbocycles. The quantitative estimate of drug-likeness (QED) is 0.599. The SMILES string of the molecule is Cc1cccc(NC(=O)CSCC(=O)Nc2ccc(-c3ccccc3)cc2)c1. The molecule has 2 N–H and O–H groups in total. The molecule has 3 aromatic carbocycles. The molecule has 0 aromatic heterocycles. The standard InChI is InChI=1S/C23H22N2O2S/c1-17-6-5-9-21(14-17)25-23(27)16-28-15-22(26)24-20-12-10-19(11-13-20)18-7-3-2-4-8-18/h2-14H,15-16H2,1H3,(H,24,26)(H,25,27). The summed E-state index contributed by atoms with van der Waals surface area (Å²) in [5.41, 5.74) is 4.84. The molecule has 0 saturated carbocycles. The lowest BCUT2D eigenvalue weighted by atomic mass is 10.1. The van der Waals surface area contributed by atoms with E-state index in [1.165, 1.54) is 11.8 Å². The Balaban J connectivity index is 1.42. The van der Waals surface area contributed by atoms with Crippen molar-refractivity contribution >= 4 is 35.0 Å². The van der Waals surface area contributed by atoms with E-state index < -0.39 is 0 Å². The monoisotopic (exact) mass is 390 g/mol. The second kappa shape index (κ2) is 9.76. The number of thioether (sulfide) groups is 1. The van der Waals surface area contributed by atoms with Crippen LogP contribution in [0.25, 0.3) is 11.1 Å². The summed E-state index contributed by atoms with van der Waals surface area (Å²) < 4.78 is 0. The molecule has 0 aliphatic heterocycles. The maximum absolute atomic E-state index is 12.1. The zero-order valence-corrected chi connectivity index (χ0v) is 16.5. The van der Waals surface area contributed by atoms with E-state index >= 15 is 0 Å². The van der Waals surface area contributed by atoms with E-state index in [4.69, 9.17) is 0 Å². The Morgan fingerprint density at radius 1 is 0.714 bits per heavy atom. The minimum Gasteiger partial charge on any atom is -0.325 e. The number of anilines is 2. The third kappa shape index (κ3) is 5.99. The average Bonchev–Trinajstić information content (AvgIpc) is 2.69. The third-order valence-electron chi connectivity index (χ3n) is 4.04. The Kier molecular flexibility index (Phi) is 6.87. The van der Waals surface area contributed by atoms with Gasteiger partial charge in [0.15, 0.2) is 0 Å². The van der Waals surface area contributed by atoms with Crippen LogP contribution < -0.4 is 10.6 Å². The van der Waals surface area contributed by atoms with Crippen molar-refractivity contribution in [3.63, 3.8) is 0 Å². The van der Waals surface area contributed by atoms with Crippen molar-refractivity contribution in [1.29, 1.82) is 0 Å². The highest BCUT2D eigenvalue weighted by Gasteiger charge is 2.07. The molecule has 3 aromatic rings. The molecule has 3 rings (SSSR count). The van der Waals surface area contributed by atoms with Crippen LogP contribution >= 0.6 is 11.8 Å². The van der Waals surface area contributed by atoms with Crippen molar-refractivity contribution in [2.75, 3.05) is 22.1 Å². The molecule has 0 atom stereocenters. The molecular weight excluding hydrogens is 368 g/mol. The van der Waals surface area contributed by atoms with Crippen molar-refractivity contribution < 1.29 is 9.59 Å². The Morgan fingerprint density at radius 3 is 1.96 bits per heavy atom. The van der Waals surface area contributed by atoms with Gasteiger partial charge in [0.05, 0.1) is 11.5 Å². The Labute approximate surface area is 169 Å². The molecular formula is C23H22N2O2S. The van der Waals surface area contributed by atoms with Crippen LogP contribution in [0.2, 0.25) is 0 Å². The highest BCUT2D eigenvalue weighted by Crippen LogP contribution is 2.21. The lowest BCUT2D eigenvalue weighted by Crippen LogP contribution is -2.18. The Bertz CT molecular complexity index is 940. The summed E-state index contributed by atoms with van der Waals surface area (Å²) in [6.45, 7) is 1.97. The Morgan fingerprint density at radius 2 is 1.32 bits per heavy atom. The van der Waals surface area contributed by atoms with Crippen LogP contribution in [0.1, 0.15) is 5.56 Å². The second-order valence-corrected chi connectivity index (χ2v) is 7.39. The normalized spacial score (nSPS) is 10.3. The maximum atomic E-state index is 12.1. The molecule has 0 unspecified atom stereocenters. The van der Waals surface area contributed by atoms with Gasteiger partial charge in [0.2, 0.25) is 11.8 Å². The van der Waals surface area contributed by atoms with E-state index in [1.54, 1.807) is 0 Å². The van der Waals surface area contributed by atoms with Gasteiger partial charge < -0.3 is 10.6 Å². The van der Waals surface area contributed by atoms with Gasteiger partial charge in [-0.05, 0) is 47.9 Å². The van der Waals surface area contributed by atoms with E-state index in [0.29, 0.717) is 0 Å². The maximum Gasteiger partial charge on any atom is 0.234 e. The first-order valence-electron chi connectivity index (χ1n) is 9.00. The second-order valence-electron chi connectivity index (χ2n) is 6.40. The lowest BCUT2D eigenvalue weighted by Gasteiger charge is -2.08. The van der Waals surface area contributed by atoms with Crippen LogP contribution in [0.5, 0.6) is 0 Å². The van der Waals surface area contributed by atoms with Crippen molar-refractivity contribution in [2.45, 2.75) is 6.92 Å². The zero-order valence-electron chi connectivity index (χ0n) is 15.6. The molecule has 0 heterocycles. The van der Waals surface area contributed by atoms with Gasteiger partial charge in [-0.3, -0.25) is 9.59 Å². The van der Waals surface area contributed by atoms with E-state index in [1.807, 2.05) is 85.8 Å². The summed E-state index contributed by atoms with van der Waals surface area (Å²) in [6.07, 6.45) is 0. The largest absolute Gasteiger partial charge is 0.325 e. The molecule has 0 aliphatic rings. The molecule has 0 spiro atoms. The van der Waals surface area contributed by atoms with Gasteiger partial charge in [-0.1, -0.05) is 54.6 Å². The number of rotatable bonds is 7. The van der Waals surface area contributed by atoms with Crippen molar-refractivity contribution in [3.8, 4) is 11.1 Å². The summed E-state index contributed by atoms with van der Waals surface area (Å²) >= 11 is 1.29. The highest BCUT2D eigenvalue weighted by molar-refractivity contribution is 8.00. The summed E-state index contributed by atoms with van der Waals surface area (Å²) in [4.78, 5) is 24.1. The van der Waals surface area contributed by atoms with Gasteiger partial charge >= 0.3 is 0 Å². The smallest absolute Gasteiger partial charge is 0.234 e. The minimum atomic E-state index is -0.124. The summed E-state index contributed by atoms with van der Waals surface area (Å²) in [6, 6.07) is 25.4. The summed E-state index contributed by atoms with van der Waals surface area (Å²) in [7, 11) is 0. The van der Waals surface area contributed by atoms with Crippen molar-refractivity contribution in [3.05, 3.63) is 84.4 Å². The predicted molar refractivity (Wildman–Crippen MR) is 118 cm³/mol. The number of carbonyl (C=O) groups excluding carboxylic acids is 2. The molecule has 142 valence electrons. The fraction of sp³-hybridized carbons (Fsp3) is 0.130. The van der Waals surface area contributed by atoms with E-state index in [-0.39, 0.29) is 23.3 Å². The van der Waals surface area contributed by atoms with E-state index in [9.17, 15) is 9.59 Å². The van der Waals surface area contributed by atoms with Gasteiger partial charge in [-0.2, -0.15) is 0 Å². The first-order valence-corrected chi connectivity index (χ1v) is 10.2.